The molecule has 1 N–H and O–H groups in total. The average molecular weight is 263 g/mol. The Kier molecular flexibility index (Phi) is 3.77. The van der Waals surface area contributed by atoms with Gasteiger partial charge in [0.15, 0.2) is 0 Å². The fourth-order valence-corrected chi connectivity index (χ4v) is 1.84. The maximum Gasteiger partial charge on any atom is 0.137 e. The lowest BCUT2D eigenvalue weighted by Crippen LogP contribution is -2.07. The second-order valence-electron chi connectivity index (χ2n) is 4.19. The summed E-state index contributed by atoms with van der Waals surface area (Å²) < 4.78 is 0. The second-order valence-corrected chi connectivity index (χ2v) is 4.55. The molecule has 0 fully saturated rings. The number of rotatable bonds is 3. The van der Waals surface area contributed by atoms with E-state index in [0.717, 1.165) is 16.9 Å². The SMILES string of the molecule is Cc1nc(Cl)c(C)c(NCc2cnccc2C)n1. The Bertz CT molecular complexity index is 569. The summed E-state index contributed by atoms with van der Waals surface area (Å²) >= 11 is 6.03. The number of hydrogen-bond acceptors (Lipinski definition) is 4. The highest BCUT2D eigenvalue weighted by Crippen LogP contribution is 2.20. The number of nitrogens with zero attached hydrogens (tertiary/aromatic N) is 3. The van der Waals surface area contributed by atoms with E-state index >= 15 is 0 Å². The Morgan fingerprint density at radius 2 is 2.00 bits per heavy atom. The summed E-state index contributed by atoms with van der Waals surface area (Å²) in [5.74, 6) is 1.44. The summed E-state index contributed by atoms with van der Waals surface area (Å²) in [6.45, 7) is 6.46. The highest BCUT2D eigenvalue weighted by molar-refractivity contribution is 6.30. The van der Waals surface area contributed by atoms with Crippen molar-refractivity contribution in [3.05, 3.63) is 46.1 Å². The van der Waals surface area contributed by atoms with Crippen LogP contribution in [0.15, 0.2) is 18.5 Å². The third-order valence-electron chi connectivity index (χ3n) is 2.79. The van der Waals surface area contributed by atoms with Crippen LogP contribution in [0.25, 0.3) is 0 Å². The van der Waals surface area contributed by atoms with E-state index in [1.54, 1.807) is 6.20 Å². The van der Waals surface area contributed by atoms with Gasteiger partial charge in [-0.15, -0.1) is 0 Å². The molecule has 94 valence electrons. The lowest BCUT2D eigenvalue weighted by molar-refractivity contribution is 0.994. The van der Waals surface area contributed by atoms with Crippen LogP contribution in [0.1, 0.15) is 22.5 Å². The molecule has 0 aliphatic carbocycles. The molecule has 0 aliphatic heterocycles. The van der Waals surface area contributed by atoms with Crippen molar-refractivity contribution in [3.8, 4) is 0 Å². The van der Waals surface area contributed by atoms with Crippen molar-refractivity contribution in [2.45, 2.75) is 27.3 Å². The van der Waals surface area contributed by atoms with Crippen molar-refractivity contribution in [2.24, 2.45) is 0 Å². The standard InChI is InChI=1S/C13H15ClN4/c1-8-4-5-15-6-11(8)7-16-13-9(2)12(14)17-10(3)18-13/h4-6H,7H2,1-3H3,(H,16,17,18). The Labute approximate surface area is 111 Å². The molecule has 0 amide bonds. The van der Waals surface area contributed by atoms with E-state index in [9.17, 15) is 0 Å². The lowest BCUT2D eigenvalue weighted by Gasteiger charge is -2.11. The molecule has 0 saturated carbocycles. The van der Waals surface area contributed by atoms with E-state index in [0.29, 0.717) is 17.5 Å². The largest absolute Gasteiger partial charge is 0.366 e. The van der Waals surface area contributed by atoms with Gasteiger partial charge in [-0.25, -0.2) is 9.97 Å². The fraction of sp³-hybridized carbons (Fsp3) is 0.308. The molecule has 0 radical (unpaired) electrons. The molecule has 2 aromatic rings. The zero-order valence-electron chi connectivity index (χ0n) is 10.7. The second kappa shape index (κ2) is 5.31. The summed E-state index contributed by atoms with van der Waals surface area (Å²) in [6.07, 6.45) is 3.64. The Hall–Kier alpha value is -1.68. The smallest absolute Gasteiger partial charge is 0.137 e. The Morgan fingerprint density at radius 1 is 1.22 bits per heavy atom. The summed E-state index contributed by atoms with van der Waals surface area (Å²) in [6, 6.07) is 1.99. The number of aryl methyl sites for hydroxylation is 2. The molecule has 2 aromatic heterocycles. The molecule has 0 unspecified atom stereocenters. The molecule has 4 nitrogen and oxygen atoms in total. The molecule has 0 aliphatic rings. The minimum atomic E-state index is 0.493. The quantitative estimate of drug-likeness (QED) is 0.864. The van der Waals surface area contributed by atoms with E-state index in [1.807, 2.05) is 26.1 Å². The van der Waals surface area contributed by atoms with Crippen molar-refractivity contribution in [1.82, 2.24) is 15.0 Å². The summed E-state index contributed by atoms with van der Waals surface area (Å²) in [7, 11) is 0. The van der Waals surface area contributed by atoms with E-state index < -0.39 is 0 Å². The van der Waals surface area contributed by atoms with Gasteiger partial charge in [0.05, 0.1) is 0 Å². The zero-order chi connectivity index (χ0) is 13.1. The van der Waals surface area contributed by atoms with Crippen LogP contribution in [-0.2, 0) is 6.54 Å². The van der Waals surface area contributed by atoms with Crippen LogP contribution in [-0.4, -0.2) is 15.0 Å². The van der Waals surface area contributed by atoms with Crippen LogP contribution >= 0.6 is 11.6 Å². The van der Waals surface area contributed by atoms with Crippen molar-refractivity contribution in [1.29, 1.82) is 0 Å². The van der Waals surface area contributed by atoms with Crippen LogP contribution in [0.5, 0.6) is 0 Å². The predicted octanol–water partition coefficient (Wildman–Crippen LogP) is 3.06. The third kappa shape index (κ3) is 2.76. The maximum absolute atomic E-state index is 6.03. The first kappa shape index (κ1) is 12.8. The predicted molar refractivity (Wildman–Crippen MR) is 72.8 cm³/mol. The number of halogens is 1. The first-order valence-corrected chi connectivity index (χ1v) is 6.10. The van der Waals surface area contributed by atoms with Gasteiger partial charge in [0, 0.05) is 24.5 Å². The van der Waals surface area contributed by atoms with E-state index in [-0.39, 0.29) is 0 Å². The lowest BCUT2D eigenvalue weighted by atomic mass is 10.1. The van der Waals surface area contributed by atoms with Gasteiger partial charge in [0.1, 0.15) is 16.8 Å². The summed E-state index contributed by atoms with van der Waals surface area (Å²) in [5.41, 5.74) is 3.21. The van der Waals surface area contributed by atoms with Gasteiger partial charge in [-0.05, 0) is 38.0 Å². The van der Waals surface area contributed by atoms with Crippen LogP contribution in [0, 0.1) is 20.8 Å². The minimum absolute atomic E-state index is 0.493. The highest BCUT2D eigenvalue weighted by atomic mass is 35.5. The molecular weight excluding hydrogens is 248 g/mol. The normalized spacial score (nSPS) is 10.4. The minimum Gasteiger partial charge on any atom is -0.366 e. The van der Waals surface area contributed by atoms with Gasteiger partial charge in [0.25, 0.3) is 0 Å². The number of pyridine rings is 1. The van der Waals surface area contributed by atoms with E-state index in [1.165, 1.54) is 5.56 Å². The van der Waals surface area contributed by atoms with Gasteiger partial charge in [-0.1, -0.05) is 11.6 Å². The van der Waals surface area contributed by atoms with Crippen molar-refractivity contribution >= 4 is 17.4 Å². The van der Waals surface area contributed by atoms with E-state index in [4.69, 9.17) is 11.6 Å². The first-order chi connectivity index (χ1) is 8.58. The van der Waals surface area contributed by atoms with Gasteiger partial charge >= 0.3 is 0 Å². The maximum atomic E-state index is 6.03. The van der Waals surface area contributed by atoms with Gasteiger partial charge in [-0.2, -0.15) is 0 Å². The van der Waals surface area contributed by atoms with Crippen LogP contribution in [0.3, 0.4) is 0 Å². The molecule has 2 heterocycles. The Balaban J connectivity index is 2.18. The zero-order valence-corrected chi connectivity index (χ0v) is 11.4. The molecule has 0 spiro atoms. The monoisotopic (exact) mass is 262 g/mol. The molecular formula is C13H15ClN4. The summed E-state index contributed by atoms with van der Waals surface area (Å²) in [4.78, 5) is 12.6. The van der Waals surface area contributed by atoms with Crippen molar-refractivity contribution in [3.63, 3.8) is 0 Å². The number of nitrogens with one attached hydrogen (secondary N) is 1. The summed E-state index contributed by atoms with van der Waals surface area (Å²) in [5, 5.41) is 3.77. The molecule has 0 aromatic carbocycles. The molecule has 0 atom stereocenters. The molecule has 0 saturated heterocycles. The number of aromatic nitrogens is 3. The van der Waals surface area contributed by atoms with Crippen molar-refractivity contribution in [2.75, 3.05) is 5.32 Å². The van der Waals surface area contributed by atoms with Crippen molar-refractivity contribution < 1.29 is 0 Å². The van der Waals surface area contributed by atoms with Crippen LogP contribution < -0.4 is 5.32 Å². The first-order valence-electron chi connectivity index (χ1n) is 5.72. The molecule has 18 heavy (non-hydrogen) atoms. The number of hydrogen-bond donors (Lipinski definition) is 1. The average Bonchev–Trinajstić information content (AvgIpc) is 2.33. The third-order valence-corrected chi connectivity index (χ3v) is 3.16. The molecule has 2 rings (SSSR count). The topological polar surface area (TPSA) is 50.7 Å². The molecule has 0 bridgehead atoms. The molecule has 5 heteroatoms. The van der Waals surface area contributed by atoms with Gasteiger partial charge in [0.2, 0.25) is 0 Å². The van der Waals surface area contributed by atoms with Crippen LogP contribution in [0.4, 0.5) is 5.82 Å². The Morgan fingerprint density at radius 3 is 2.72 bits per heavy atom. The highest BCUT2D eigenvalue weighted by Gasteiger charge is 2.07. The fourth-order valence-electron chi connectivity index (χ4n) is 1.63. The van der Waals surface area contributed by atoms with Gasteiger partial charge < -0.3 is 5.32 Å². The van der Waals surface area contributed by atoms with Crippen LogP contribution in [0.2, 0.25) is 5.15 Å². The van der Waals surface area contributed by atoms with Gasteiger partial charge in [-0.3, -0.25) is 4.98 Å². The van der Waals surface area contributed by atoms with E-state index in [2.05, 4.69) is 27.2 Å². The number of anilines is 1.